The molecule has 0 saturated carbocycles. The van der Waals surface area contributed by atoms with Crippen LogP contribution in [0.2, 0.25) is 0 Å². The van der Waals surface area contributed by atoms with E-state index in [1.54, 1.807) is 4.90 Å². The summed E-state index contributed by atoms with van der Waals surface area (Å²) >= 11 is 0. The highest BCUT2D eigenvalue weighted by atomic mass is 16.6. The van der Waals surface area contributed by atoms with Gasteiger partial charge in [-0.1, -0.05) is 103 Å². The lowest BCUT2D eigenvalue weighted by atomic mass is 10.00. The van der Waals surface area contributed by atoms with Gasteiger partial charge in [0.1, 0.15) is 0 Å². The van der Waals surface area contributed by atoms with Crippen molar-refractivity contribution in [2.75, 3.05) is 26.3 Å². The molecule has 0 spiro atoms. The number of likely N-dealkylation sites (tertiary alicyclic amines) is 1. The molecule has 1 atom stereocenters. The molecule has 0 aromatic rings. The molecule has 0 radical (unpaired) electrons. The maximum Gasteiger partial charge on any atom is 0.409 e. The third-order valence-corrected chi connectivity index (χ3v) is 6.26. The van der Waals surface area contributed by atoms with Gasteiger partial charge >= 0.3 is 6.09 Å². The molecule has 1 rings (SSSR count). The second-order valence-corrected chi connectivity index (χ2v) is 9.05. The highest BCUT2D eigenvalue weighted by Gasteiger charge is 2.23. The molecule has 1 heterocycles. The van der Waals surface area contributed by atoms with Crippen molar-refractivity contribution in [3.63, 3.8) is 0 Å². The summed E-state index contributed by atoms with van der Waals surface area (Å²) in [7, 11) is 0. The molecule has 4 heteroatoms. The number of hydrogen-bond donors (Lipinski definition) is 1. The number of hydrogen-bond acceptors (Lipinski definition) is 3. The van der Waals surface area contributed by atoms with Crippen molar-refractivity contribution in [1.82, 2.24) is 4.90 Å². The molecule has 0 bridgehead atoms. The van der Waals surface area contributed by atoms with Gasteiger partial charge in [-0.25, -0.2) is 4.79 Å². The van der Waals surface area contributed by atoms with E-state index in [-0.39, 0.29) is 18.6 Å². The molecule has 0 aromatic carbocycles. The van der Waals surface area contributed by atoms with E-state index in [9.17, 15) is 9.90 Å². The van der Waals surface area contributed by atoms with Gasteiger partial charge in [0.05, 0.1) is 6.61 Å². The number of carbonyl (C=O) groups is 1. The third-order valence-electron chi connectivity index (χ3n) is 6.26. The number of aliphatic hydroxyl groups is 1. The Morgan fingerprint density at radius 1 is 0.828 bits per heavy atom. The van der Waals surface area contributed by atoms with E-state index in [1.165, 1.54) is 89.9 Å². The summed E-state index contributed by atoms with van der Waals surface area (Å²) in [5.41, 5.74) is 0. The van der Waals surface area contributed by atoms with Crippen LogP contribution in [-0.2, 0) is 4.74 Å². The minimum atomic E-state index is -0.191. The van der Waals surface area contributed by atoms with Crippen LogP contribution >= 0.6 is 0 Å². The van der Waals surface area contributed by atoms with E-state index in [0.717, 1.165) is 32.2 Å². The van der Waals surface area contributed by atoms with Crippen molar-refractivity contribution >= 4 is 6.09 Å². The fraction of sp³-hybridized carbons (Fsp3) is 0.960. The van der Waals surface area contributed by atoms with Gasteiger partial charge in [-0.05, 0) is 25.2 Å². The second kappa shape index (κ2) is 19.2. The lowest BCUT2D eigenvalue weighted by Crippen LogP contribution is -2.41. The number of piperidine rings is 1. The predicted octanol–water partition coefficient (Wildman–Crippen LogP) is 7.09. The SMILES string of the molecule is CCCCCCCCCCCCCCCCCCOC(=O)N1CCCC(CO)C1. The first-order chi connectivity index (χ1) is 14.3. The molecule has 1 saturated heterocycles. The van der Waals surface area contributed by atoms with Crippen molar-refractivity contribution in [3.05, 3.63) is 0 Å². The Morgan fingerprint density at radius 2 is 1.31 bits per heavy atom. The third kappa shape index (κ3) is 14.8. The summed E-state index contributed by atoms with van der Waals surface area (Å²) in [4.78, 5) is 13.8. The first-order valence-electron chi connectivity index (χ1n) is 12.8. The van der Waals surface area contributed by atoms with Gasteiger partial charge in [0.25, 0.3) is 0 Å². The molecule has 1 fully saturated rings. The molecule has 1 amide bonds. The number of nitrogens with zero attached hydrogens (tertiary/aromatic N) is 1. The summed E-state index contributed by atoms with van der Waals surface area (Å²) in [5.74, 6) is 0.229. The molecule has 1 N–H and O–H groups in total. The van der Waals surface area contributed by atoms with Gasteiger partial charge in [-0.3, -0.25) is 0 Å². The topological polar surface area (TPSA) is 49.8 Å². The lowest BCUT2D eigenvalue weighted by molar-refractivity contribution is 0.0719. The fourth-order valence-electron chi connectivity index (χ4n) is 4.28. The number of unbranched alkanes of at least 4 members (excludes halogenated alkanes) is 15. The van der Waals surface area contributed by atoms with Crippen LogP contribution in [0.15, 0.2) is 0 Å². The van der Waals surface area contributed by atoms with Crippen LogP contribution in [0.25, 0.3) is 0 Å². The van der Waals surface area contributed by atoms with Gasteiger partial charge < -0.3 is 14.7 Å². The molecular weight excluding hydrogens is 362 g/mol. The number of amides is 1. The fourth-order valence-corrected chi connectivity index (χ4v) is 4.28. The molecule has 0 aromatic heterocycles. The summed E-state index contributed by atoms with van der Waals surface area (Å²) in [6.07, 6.45) is 23.4. The van der Waals surface area contributed by atoms with E-state index in [2.05, 4.69) is 6.92 Å². The summed E-state index contributed by atoms with van der Waals surface area (Å²) in [6.45, 7) is 4.41. The second-order valence-electron chi connectivity index (χ2n) is 9.05. The number of carbonyl (C=O) groups excluding carboxylic acids is 1. The monoisotopic (exact) mass is 411 g/mol. The van der Waals surface area contributed by atoms with Gasteiger partial charge in [0.15, 0.2) is 0 Å². The minimum absolute atomic E-state index is 0.170. The Kier molecular flexibility index (Phi) is 17.4. The Balaban J connectivity index is 1.77. The van der Waals surface area contributed by atoms with Crippen LogP contribution < -0.4 is 0 Å². The van der Waals surface area contributed by atoms with Crippen molar-refractivity contribution < 1.29 is 14.6 Å². The zero-order valence-electron chi connectivity index (χ0n) is 19.3. The predicted molar refractivity (Wildman–Crippen MR) is 122 cm³/mol. The Labute approximate surface area is 180 Å². The number of ether oxygens (including phenoxy) is 1. The zero-order valence-corrected chi connectivity index (χ0v) is 19.3. The van der Waals surface area contributed by atoms with Crippen LogP contribution in [0, 0.1) is 5.92 Å². The molecule has 172 valence electrons. The number of aliphatic hydroxyl groups excluding tert-OH is 1. The maximum absolute atomic E-state index is 12.0. The highest BCUT2D eigenvalue weighted by Crippen LogP contribution is 2.17. The molecule has 1 unspecified atom stereocenters. The maximum atomic E-state index is 12.0. The minimum Gasteiger partial charge on any atom is -0.449 e. The van der Waals surface area contributed by atoms with Crippen LogP contribution in [0.1, 0.15) is 122 Å². The van der Waals surface area contributed by atoms with E-state index in [0.29, 0.717) is 13.2 Å². The van der Waals surface area contributed by atoms with Crippen LogP contribution in [0.4, 0.5) is 4.79 Å². The Hall–Kier alpha value is -0.770. The van der Waals surface area contributed by atoms with E-state index in [1.807, 2.05) is 0 Å². The molecule has 0 aliphatic carbocycles. The molecular formula is C25H49NO3. The highest BCUT2D eigenvalue weighted by molar-refractivity contribution is 5.67. The van der Waals surface area contributed by atoms with E-state index >= 15 is 0 Å². The zero-order chi connectivity index (χ0) is 21.0. The summed E-state index contributed by atoms with van der Waals surface area (Å²) in [6, 6.07) is 0. The Morgan fingerprint density at radius 3 is 1.79 bits per heavy atom. The van der Waals surface area contributed by atoms with Gasteiger partial charge in [0, 0.05) is 19.7 Å². The molecule has 4 nitrogen and oxygen atoms in total. The summed E-state index contributed by atoms with van der Waals surface area (Å²) in [5, 5.41) is 9.24. The molecule has 29 heavy (non-hydrogen) atoms. The smallest absolute Gasteiger partial charge is 0.409 e. The Bertz CT molecular complexity index is 375. The first kappa shape index (κ1) is 26.3. The van der Waals surface area contributed by atoms with Gasteiger partial charge in [0.2, 0.25) is 0 Å². The van der Waals surface area contributed by atoms with Crippen LogP contribution in [0.5, 0.6) is 0 Å². The van der Waals surface area contributed by atoms with Crippen molar-refractivity contribution in [1.29, 1.82) is 0 Å². The molecule has 1 aliphatic rings. The van der Waals surface area contributed by atoms with Crippen molar-refractivity contribution in [2.45, 2.75) is 122 Å². The quantitative estimate of drug-likeness (QED) is 0.245. The summed E-state index contributed by atoms with van der Waals surface area (Å²) < 4.78 is 5.40. The van der Waals surface area contributed by atoms with Crippen molar-refractivity contribution in [3.8, 4) is 0 Å². The largest absolute Gasteiger partial charge is 0.449 e. The normalized spacial score (nSPS) is 16.9. The van der Waals surface area contributed by atoms with E-state index in [4.69, 9.17) is 4.74 Å². The first-order valence-corrected chi connectivity index (χ1v) is 12.8. The average Bonchev–Trinajstić information content (AvgIpc) is 2.75. The van der Waals surface area contributed by atoms with E-state index < -0.39 is 0 Å². The average molecular weight is 412 g/mol. The standard InChI is InChI=1S/C25H49NO3/c1-2-3-4-5-6-7-8-9-10-11-12-13-14-15-16-17-21-29-25(28)26-20-18-19-24(22-26)23-27/h24,27H,2-23H2,1H3. The number of rotatable bonds is 18. The molecule has 1 aliphatic heterocycles. The lowest BCUT2D eigenvalue weighted by Gasteiger charge is -2.31. The van der Waals surface area contributed by atoms with Crippen LogP contribution in [0.3, 0.4) is 0 Å². The van der Waals surface area contributed by atoms with Gasteiger partial charge in [-0.2, -0.15) is 0 Å². The van der Waals surface area contributed by atoms with Crippen LogP contribution in [-0.4, -0.2) is 42.4 Å². The van der Waals surface area contributed by atoms with Crippen molar-refractivity contribution in [2.24, 2.45) is 5.92 Å². The van der Waals surface area contributed by atoms with Gasteiger partial charge in [-0.15, -0.1) is 0 Å².